The van der Waals surface area contributed by atoms with Crippen LogP contribution in [-0.4, -0.2) is 31.9 Å². The van der Waals surface area contributed by atoms with Crippen LogP contribution < -0.4 is 5.32 Å². The van der Waals surface area contributed by atoms with E-state index in [1.54, 1.807) is 0 Å². The molecule has 1 rings (SSSR count). The number of sulfone groups is 1. The summed E-state index contributed by atoms with van der Waals surface area (Å²) in [6, 6.07) is -0.232. The molecule has 0 bridgehead atoms. The monoisotopic (exact) mass is 203 g/mol. The quantitative estimate of drug-likeness (QED) is 0.636. The molecule has 0 spiro atoms. The van der Waals surface area contributed by atoms with E-state index in [-0.39, 0.29) is 23.5 Å². The summed E-state index contributed by atoms with van der Waals surface area (Å²) in [6.07, 6.45) is 2.52. The zero-order chi connectivity index (χ0) is 9.90. The normalized spacial score (nSPS) is 26.3. The molecule has 0 aliphatic carbocycles. The van der Waals surface area contributed by atoms with Crippen LogP contribution in [0.5, 0.6) is 0 Å². The van der Waals surface area contributed by atoms with Crippen molar-refractivity contribution in [3.8, 4) is 0 Å². The fourth-order valence-corrected chi connectivity index (χ4v) is 3.03. The van der Waals surface area contributed by atoms with E-state index in [1.807, 2.05) is 0 Å². The fourth-order valence-electron chi connectivity index (χ4n) is 1.40. The van der Waals surface area contributed by atoms with Crippen molar-refractivity contribution >= 4 is 15.7 Å². The van der Waals surface area contributed by atoms with E-state index in [9.17, 15) is 13.2 Å². The van der Waals surface area contributed by atoms with Crippen LogP contribution in [0.25, 0.3) is 0 Å². The molecular formula is C8H13NO3S. The van der Waals surface area contributed by atoms with Gasteiger partial charge in [0.2, 0.25) is 5.91 Å². The topological polar surface area (TPSA) is 63.2 Å². The smallest absolute Gasteiger partial charge is 0.243 e. The molecule has 74 valence electrons. The second-order valence-electron chi connectivity index (χ2n) is 3.17. The predicted octanol–water partition coefficient (Wildman–Crippen LogP) is -0.134. The maximum atomic E-state index is 11.2. The van der Waals surface area contributed by atoms with Gasteiger partial charge < -0.3 is 5.32 Å². The average molecular weight is 203 g/mol. The fraction of sp³-hybridized carbons (Fsp3) is 0.625. The van der Waals surface area contributed by atoms with Gasteiger partial charge in [-0.3, -0.25) is 4.79 Å². The van der Waals surface area contributed by atoms with E-state index < -0.39 is 9.84 Å². The van der Waals surface area contributed by atoms with Crippen LogP contribution >= 0.6 is 0 Å². The van der Waals surface area contributed by atoms with Crippen molar-refractivity contribution in [2.75, 3.05) is 11.5 Å². The van der Waals surface area contributed by atoms with Crippen molar-refractivity contribution in [2.24, 2.45) is 0 Å². The van der Waals surface area contributed by atoms with Crippen LogP contribution in [0.2, 0.25) is 0 Å². The Hall–Kier alpha value is -0.840. The van der Waals surface area contributed by atoms with Crippen LogP contribution in [0, 0.1) is 0 Å². The van der Waals surface area contributed by atoms with Crippen molar-refractivity contribution in [1.82, 2.24) is 5.32 Å². The molecule has 1 aliphatic heterocycles. The Balaban J connectivity index is 2.53. The highest BCUT2D eigenvalue weighted by Gasteiger charge is 2.24. The van der Waals surface area contributed by atoms with E-state index in [0.717, 1.165) is 12.5 Å². The third-order valence-electron chi connectivity index (χ3n) is 1.99. The van der Waals surface area contributed by atoms with Crippen molar-refractivity contribution in [2.45, 2.75) is 18.9 Å². The van der Waals surface area contributed by atoms with Crippen LogP contribution in [0.1, 0.15) is 12.8 Å². The first-order valence-electron chi connectivity index (χ1n) is 4.17. The summed E-state index contributed by atoms with van der Waals surface area (Å²) in [6.45, 7) is 3.30. The lowest BCUT2D eigenvalue weighted by Gasteiger charge is -2.22. The molecule has 1 fully saturated rings. The second-order valence-corrected chi connectivity index (χ2v) is 5.39. The molecule has 1 aliphatic rings. The number of hydrogen-bond acceptors (Lipinski definition) is 3. The minimum absolute atomic E-state index is 0.0621. The Bertz CT molecular complexity index is 307. The number of amides is 1. The Morgan fingerprint density at radius 2 is 2.23 bits per heavy atom. The Labute approximate surface area is 77.9 Å². The number of hydrogen-bond donors (Lipinski definition) is 1. The van der Waals surface area contributed by atoms with Gasteiger partial charge >= 0.3 is 0 Å². The lowest BCUT2D eigenvalue weighted by Crippen LogP contribution is -2.42. The van der Waals surface area contributed by atoms with Crippen LogP contribution in [0.4, 0.5) is 0 Å². The number of rotatable bonds is 2. The third kappa shape index (κ3) is 3.18. The molecule has 4 nitrogen and oxygen atoms in total. The molecule has 0 saturated carbocycles. The minimum Gasteiger partial charge on any atom is -0.349 e. The van der Waals surface area contributed by atoms with E-state index in [4.69, 9.17) is 0 Å². The summed E-state index contributed by atoms with van der Waals surface area (Å²) < 4.78 is 22.3. The Kier molecular flexibility index (Phi) is 3.08. The summed E-state index contributed by atoms with van der Waals surface area (Å²) >= 11 is 0. The molecule has 1 amide bonds. The highest BCUT2D eigenvalue weighted by molar-refractivity contribution is 7.91. The van der Waals surface area contributed by atoms with E-state index in [1.165, 1.54) is 0 Å². The molecular weight excluding hydrogens is 190 g/mol. The van der Waals surface area contributed by atoms with E-state index in [0.29, 0.717) is 6.42 Å². The molecule has 1 saturated heterocycles. The second kappa shape index (κ2) is 3.91. The highest BCUT2D eigenvalue weighted by Crippen LogP contribution is 2.11. The molecule has 0 aromatic rings. The van der Waals surface area contributed by atoms with Gasteiger partial charge in [0.05, 0.1) is 11.5 Å². The first kappa shape index (κ1) is 10.2. The lowest BCUT2D eigenvalue weighted by atomic mass is 10.2. The third-order valence-corrected chi connectivity index (χ3v) is 3.82. The van der Waals surface area contributed by atoms with Crippen molar-refractivity contribution in [3.63, 3.8) is 0 Å². The maximum Gasteiger partial charge on any atom is 0.243 e. The molecule has 0 radical (unpaired) electrons. The van der Waals surface area contributed by atoms with E-state index >= 15 is 0 Å². The van der Waals surface area contributed by atoms with Gasteiger partial charge in [0.15, 0.2) is 9.84 Å². The van der Waals surface area contributed by atoms with Crippen molar-refractivity contribution < 1.29 is 13.2 Å². The van der Waals surface area contributed by atoms with Crippen molar-refractivity contribution in [1.29, 1.82) is 0 Å². The van der Waals surface area contributed by atoms with Crippen LogP contribution in [0.3, 0.4) is 0 Å². The summed E-state index contributed by atoms with van der Waals surface area (Å²) in [5, 5.41) is 2.59. The van der Waals surface area contributed by atoms with Crippen LogP contribution in [0.15, 0.2) is 12.7 Å². The van der Waals surface area contributed by atoms with Gasteiger partial charge in [-0.1, -0.05) is 6.58 Å². The molecule has 1 N–H and O–H groups in total. The summed E-state index contributed by atoms with van der Waals surface area (Å²) in [5.41, 5.74) is 0. The maximum absolute atomic E-state index is 11.2. The zero-order valence-electron chi connectivity index (χ0n) is 7.32. The molecule has 0 aromatic heterocycles. The summed E-state index contributed by atoms with van der Waals surface area (Å²) in [5.74, 6) is 0.00198. The molecule has 0 aromatic carbocycles. The average Bonchev–Trinajstić information content (AvgIpc) is 2.02. The largest absolute Gasteiger partial charge is 0.349 e. The van der Waals surface area contributed by atoms with Gasteiger partial charge in [0, 0.05) is 6.04 Å². The number of nitrogens with one attached hydrogen (secondary N) is 1. The minimum atomic E-state index is -2.93. The van der Waals surface area contributed by atoms with Gasteiger partial charge in [0.25, 0.3) is 0 Å². The Morgan fingerprint density at radius 1 is 1.54 bits per heavy atom. The van der Waals surface area contributed by atoms with Gasteiger partial charge in [-0.25, -0.2) is 8.42 Å². The van der Waals surface area contributed by atoms with Gasteiger partial charge in [-0.2, -0.15) is 0 Å². The summed E-state index contributed by atoms with van der Waals surface area (Å²) in [7, 11) is -2.93. The Morgan fingerprint density at radius 3 is 2.77 bits per heavy atom. The van der Waals surface area contributed by atoms with Crippen molar-refractivity contribution in [3.05, 3.63) is 12.7 Å². The lowest BCUT2D eigenvalue weighted by molar-refractivity contribution is -0.117. The molecule has 5 heteroatoms. The standard InChI is InChI=1S/C8H13NO3S/c1-2-8(10)9-7-4-3-5-13(11,12)6-7/h2,7H,1,3-6H2,(H,9,10). The number of carbonyl (C=O) groups excluding carboxylic acids is 1. The molecule has 1 atom stereocenters. The van der Waals surface area contributed by atoms with E-state index in [2.05, 4.69) is 11.9 Å². The molecule has 1 heterocycles. The van der Waals surface area contributed by atoms with Crippen LogP contribution in [-0.2, 0) is 14.6 Å². The van der Waals surface area contributed by atoms with Gasteiger partial charge in [-0.15, -0.1) is 0 Å². The zero-order valence-corrected chi connectivity index (χ0v) is 8.14. The highest BCUT2D eigenvalue weighted by atomic mass is 32.2. The summed E-state index contributed by atoms with van der Waals surface area (Å²) in [4.78, 5) is 10.9. The SMILES string of the molecule is C=CC(=O)NC1CCCS(=O)(=O)C1. The molecule has 1 unspecified atom stereocenters. The first-order chi connectivity index (χ1) is 6.03. The van der Waals surface area contributed by atoms with Gasteiger partial charge in [0.1, 0.15) is 0 Å². The molecule has 13 heavy (non-hydrogen) atoms. The predicted molar refractivity (Wildman–Crippen MR) is 50.0 cm³/mol. The first-order valence-corrected chi connectivity index (χ1v) is 5.99. The number of carbonyl (C=O) groups is 1. The van der Waals surface area contributed by atoms with Gasteiger partial charge in [-0.05, 0) is 18.9 Å².